The van der Waals surface area contributed by atoms with Gasteiger partial charge in [0.25, 0.3) is 0 Å². The van der Waals surface area contributed by atoms with Crippen molar-refractivity contribution in [2.75, 3.05) is 25.5 Å². The molecule has 0 bridgehead atoms. The maximum atomic E-state index is 12.7. The van der Waals surface area contributed by atoms with Crippen molar-refractivity contribution in [3.63, 3.8) is 0 Å². The topological polar surface area (TPSA) is 78.9 Å². The Hall–Kier alpha value is -2.08. The molecule has 3 atom stereocenters. The maximum absolute atomic E-state index is 12.7. The molecule has 3 rings (SSSR count). The smallest absolute Gasteiger partial charge is 0.311 e. The molecule has 1 aliphatic heterocycles. The summed E-state index contributed by atoms with van der Waals surface area (Å²) in [6.45, 7) is 3.14. The van der Waals surface area contributed by atoms with E-state index in [2.05, 4.69) is 10.2 Å². The fourth-order valence-electron chi connectivity index (χ4n) is 4.42. The van der Waals surface area contributed by atoms with Crippen LogP contribution in [0.15, 0.2) is 24.3 Å². The number of carboxylic acid groups (broad SMARTS) is 1. The Morgan fingerprint density at radius 1 is 1.40 bits per heavy atom. The normalized spacial score (nSPS) is 26.9. The van der Waals surface area contributed by atoms with Crippen molar-refractivity contribution in [2.45, 2.75) is 38.6 Å². The number of likely N-dealkylation sites (tertiary alicyclic amines) is 1. The summed E-state index contributed by atoms with van der Waals surface area (Å²) in [6, 6.07) is 6.91. The zero-order valence-electron chi connectivity index (χ0n) is 14.8. The molecule has 1 heterocycles. The number of nitrogens with one attached hydrogen (secondary N) is 1. The van der Waals surface area contributed by atoms with E-state index < -0.39 is 11.4 Å². The van der Waals surface area contributed by atoms with Crippen molar-refractivity contribution in [1.82, 2.24) is 4.90 Å². The number of benzene rings is 1. The van der Waals surface area contributed by atoms with E-state index in [1.54, 1.807) is 31.4 Å². The molecule has 25 heavy (non-hydrogen) atoms. The average Bonchev–Trinajstić information content (AvgIpc) is 3.14. The summed E-state index contributed by atoms with van der Waals surface area (Å²) in [5.74, 6) is 0.115. The molecule has 1 amide bonds. The first-order valence-electron chi connectivity index (χ1n) is 8.92. The predicted molar refractivity (Wildman–Crippen MR) is 94.7 cm³/mol. The third kappa shape index (κ3) is 3.23. The van der Waals surface area contributed by atoms with Crippen LogP contribution in [0.2, 0.25) is 0 Å². The molecular weight excluding hydrogens is 320 g/mol. The Balaban J connectivity index is 1.69. The Bertz CT molecular complexity index is 645. The minimum Gasteiger partial charge on any atom is -0.497 e. The van der Waals surface area contributed by atoms with Gasteiger partial charge in [-0.25, -0.2) is 0 Å². The Morgan fingerprint density at radius 3 is 2.68 bits per heavy atom. The molecule has 1 aromatic carbocycles. The number of amides is 1. The van der Waals surface area contributed by atoms with E-state index in [-0.39, 0.29) is 17.9 Å². The van der Waals surface area contributed by atoms with Gasteiger partial charge in [0.05, 0.1) is 18.6 Å². The summed E-state index contributed by atoms with van der Waals surface area (Å²) >= 11 is 0. The number of aliphatic carboxylic acids is 1. The van der Waals surface area contributed by atoms with E-state index in [1.807, 2.05) is 6.92 Å². The van der Waals surface area contributed by atoms with Crippen LogP contribution in [-0.4, -0.2) is 48.1 Å². The van der Waals surface area contributed by atoms with Crippen LogP contribution in [0.25, 0.3) is 0 Å². The van der Waals surface area contributed by atoms with E-state index in [0.29, 0.717) is 19.5 Å². The molecule has 1 saturated carbocycles. The van der Waals surface area contributed by atoms with Crippen molar-refractivity contribution in [1.29, 1.82) is 0 Å². The van der Waals surface area contributed by atoms with E-state index in [1.165, 1.54) is 0 Å². The molecule has 1 unspecified atom stereocenters. The van der Waals surface area contributed by atoms with Crippen LogP contribution in [0.3, 0.4) is 0 Å². The van der Waals surface area contributed by atoms with Crippen LogP contribution < -0.4 is 10.1 Å². The number of anilines is 1. The van der Waals surface area contributed by atoms with Gasteiger partial charge in [-0.05, 0) is 49.4 Å². The van der Waals surface area contributed by atoms with Gasteiger partial charge >= 0.3 is 5.97 Å². The summed E-state index contributed by atoms with van der Waals surface area (Å²) in [6.07, 6.45) is 3.30. The number of hydrogen-bond acceptors (Lipinski definition) is 4. The maximum Gasteiger partial charge on any atom is 0.311 e. The Kier molecular flexibility index (Phi) is 4.99. The second-order valence-corrected chi connectivity index (χ2v) is 7.12. The molecule has 0 radical (unpaired) electrons. The molecule has 2 N–H and O–H groups in total. The van der Waals surface area contributed by atoms with Gasteiger partial charge in [-0.3, -0.25) is 14.5 Å². The number of carbonyl (C=O) groups is 2. The average molecular weight is 346 g/mol. The third-order valence-electron chi connectivity index (χ3n) is 5.81. The molecule has 1 aromatic rings. The standard InChI is InChI=1S/C19H26N2O4/c1-3-16(17(22)20-14-6-8-15(25-2)9-7-14)21-11-13-5-4-10-19(13,12-21)18(23)24/h6-9,13,16H,3-5,10-12H2,1-2H3,(H,20,22)(H,23,24)/t13-,16?,19+/m0/s1. The molecular formula is C19H26N2O4. The fourth-order valence-corrected chi connectivity index (χ4v) is 4.42. The minimum absolute atomic E-state index is 0.0758. The van der Waals surface area contributed by atoms with Crippen LogP contribution in [0.4, 0.5) is 5.69 Å². The Labute approximate surface area is 148 Å². The van der Waals surface area contributed by atoms with Crippen LogP contribution in [0.1, 0.15) is 32.6 Å². The predicted octanol–water partition coefficient (Wildman–Crippen LogP) is 2.60. The number of ether oxygens (including phenoxy) is 1. The summed E-state index contributed by atoms with van der Waals surface area (Å²) in [5, 5.41) is 12.7. The lowest BCUT2D eigenvalue weighted by atomic mass is 9.81. The quantitative estimate of drug-likeness (QED) is 0.828. The fraction of sp³-hybridized carbons (Fsp3) is 0.579. The highest BCUT2D eigenvalue weighted by Gasteiger charge is 2.56. The number of hydrogen-bond donors (Lipinski definition) is 2. The van der Waals surface area contributed by atoms with Gasteiger partial charge in [-0.1, -0.05) is 13.3 Å². The molecule has 136 valence electrons. The second kappa shape index (κ2) is 7.04. The number of carboxylic acids is 1. The molecule has 1 saturated heterocycles. The summed E-state index contributed by atoms with van der Waals surface area (Å²) in [5.41, 5.74) is 0.0601. The number of fused-ring (bicyclic) bond motifs is 1. The van der Waals surface area contributed by atoms with Crippen LogP contribution in [0, 0.1) is 11.3 Å². The summed E-state index contributed by atoms with van der Waals surface area (Å²) < 4.78 is 5.12. The van der Waals surface area contributed by atoms with Gasteiger partial charge < -0.3 is 15.2 Å². The van der Waals surface area contributed by atoms with Crippen molar-refractivity contribution in [3.05, 3.63) is 24.3 Å². The Morgan fingerprint density at radius 2 is 2.12 bits per heavy atom. The van der Waals surface area contributed by atoms with Crippen LogP contribution >= 0.6 is 0 Å². The van der Waals surface area contributed by atoms with Crippen LogP contribution in [-0.2, 0) is 9.59 Å². The SMILES string of the molecule is CCC(C(=O)Nc1ccc(OC)cc1)N1C[C@@H]2CCC[C@@]2(C(=O)O)C1. The number of rotatable bonds is 6. The lowest BCUT2D eigenvalue weighted by Crippen LogP contribution is -2.44. The zero-order chi connectivity index (χ0) is 18.0. The van der Waals surface area contributed by atoms with Gasteiger partial charge in [0.2, 0.25) is 5.91 Å². The molecule has 2 aliphatic rings. The first kappa shape index (κ1) is 17.7. The monoisotopic (exact) mass is 346 g/mol. The second-order valence-electron chi connectivity index (χ2n) is 7.12. The molecule has 6 nitrogen and oxygen atoms in total. The lowest BCUT2D eigenvalue weighted by molar-refractivity contribution is -0.149. The largest absolute Gasteiger partial charge is 0.497 e. The van der Waals surface area contributed by atoms with Crippen molar-refractivity contribution in [2.24, 2.45) is 11.3 Å². The summed E-state index contributed by atoms with van der Waals surface area (Å²) in [4.78, 5) is 26.7. The van der Waals surface area contributed by atoms with Gasteiger partial charge in [0, 0.05) is 18.8 Å². The molecule has 2 fully saturated rings. The van der Waals surface area contributed by atoms with Crippen molar-refractivity contribution in [3.8, 4) is 5.75 Å². The van der Waals surface area contributed by atoms with Crippen molar-refractivity contribution < 1.29 is 19.4 Å². The molecule has 6 heteroatoms. The van der Waals surface area contributed by atoms with Gasteiger partial charge in [0.1, 0.15) is 5.75 Å². The third-order valence-corrected chi connectivity index (χ3v) is 5.81. The highest BCUT2D eigenvalue weighted by Crippen LogP contribution is 2.49. The number of carbonyl (C=O) groups excluding carboxylic acids is 1. The van der Waals surface area contributed by atoms with Gasteiger partial charge in [-0.15, -0.1) is 0 Å². The molecule has 0 aromatic heterocycles. The van der Waals surface area contributed by atoms with E-state index in [9.17, 15) is 14.7 Å². The zero-order valence-corrected chi connectivity index (χ0v) is 14.8. The van der Waals surface area contributed by atoms with Crippen molar-refractivity contribution >= 4 is 17.6 Å². The van der Waals surface area contributed by atoms with E-state index in [4.69, 9.17) is 4.74 Å². The van der Waals surface area contributed by atoms with E-state index >= 15 is 0 Å². The van der Waals surface area contributed by atoms with Gasteiger partial charge in [0.15, 0.2) is 0 Å². The molecule has 0 spiro atoms. The lowest BCUT2D eigenvalue weighted by Gasteiger charge is -2.28. The minimum atomic E-state index is -0.706. The number of methoxy groups -OCH3 is 1. The number of nitrogens with zero attached hydrogens (tertiary/aromatic N) is 1. The first-order valence-corrected chi connectivity index (χ1v) is 8.92. The van der Waals surface area contributed by atoms with Crippen LogP contribution in [0.5, 0.6) is 5.75 Å². The summed E-state index contributed by atoms with van der Waals surface area (Å²) in [7, 11) is 1.60. The first-order chi connectivity index (χ1) is 12.0. The highest BCUT2D eigenvalue weighted by atomic mass is 16.5. The van der Waals surface area contributed by atoms with E-state index in [0.717, 1.165) is 30.7 Å². The highest BCUT2D eigenvalue weighted by molar-refractivity contribution is 5.95. The molecule has 1 aliphatic carbocycles. The van der Waals surface area contributed by atoms with Gasteiger partial charge in [-0.2, -0.15) is 0 Å².